The summed E-state index contributed by atoms with van der Waals surface area (Å²) in [6.07, 6.45) is 1.94. The topological polar surface area (TPSA) is 47.3 Å². The summed E-state index contributed by atoms with van der Waals surface area (Å²) in [5.41, 5.74) is 6.33. The van der Waals surface area contributed by atoms with Crippen molar-refractivity contribution < 1.29 is 4.74 Å². The molecular weight excluding hydrogens is 164 g/mol. The van der Waals surface area contributed by atoms with Gasteiger partial charge in [0, 0.05) is 30.8 Å². The Labute approximate surface area is 81.0 Å². The van der Waals surface area contributed by atoms with Gasteiger partial charge in [0.15, 0.2) is 0 Å². The van der Waals surface area contributed by atoms with E-state index in [4.69, 9.17) is 10.5 Å². The molecule has 3 nitrogen and oxygen atoms in total. The van der Waals surface area contributed by atoms with Gasteiger partial charge in [0.1, 0.15) is 0 Å². The lowest BCUT2D eigenvalue weighted by Gasteiger charge is -2.36. The second-order valence-electron chi connectivity index (χ2n) is 5.08. The van der Waals surface area contributed by atoms with E-state index in [9.17, 15) is 0 Å². The van der Waals surface area contributed by atoms with E-state index in [0.717, 1.165) is 32.6 Å². The molecule has 78 valence electrons. The normalized spacial score (nSPS) is 23.1. The highest BCUT2D eigenvalue weighted by Crippen LogP contribution is 2.17. The Hall–Kier alpha value is -0.120. The minimum absolute atomic E-state index is 0.0501. The van der Waals surface area contributed by atoms with Crippen LogP contribution in [0.4, 0.5) is 0 Å². The summed E-state index contributed by atoms with van der Waals surface area (Å²) in [6.45, 7) is 8.99. The van der Waals surface area contributed by atoms with Gasteiger partial charge < -0.3 is 15.8 Å². The van der Waals surface area contributed by atoms with Crippen LogP contribution in [0.2, 0.25) is 0 Å². The number of rotatable bonds is 2. The molecule has 1 rings (SSSR count). The molecule has 0 unspecified atom stereocenters. The number of nitrogens with two attached hydrogens (primary N) is 1. The average Bonchev–Trinajstić information content (AvgIpc) is 2.02. The molecule has 0 saturated carbocycles. The first-order chi connectivity index (χ1) is 5.91. The van der Waals surface area contributed by atoms with Gasteiger partial charge in [-0.05, 0) is 33.6 Å². The smallest absolute Gasteiger partial charge is 0.0484 e. The predicted molar refractivity (Wildman–Crippen MR) is 54.7 cm³/mol. The van der Waals surface area contributed by atoms with Gasteiger partial charge in [-0.25, -0.2) is 0 Å². The van der Waals surface area contributed by atoms with Gasteiger partial charge in [-0.15, -0.1) is 0 Å². The van der Waals surface area contributed by atoms with E-state index in [1.165, 1.54) is 0 Å². The van der Waals surface area contributed by atoms with E-state index in [2.05, 4.69) is 26.1 Å². The lowest BCUT2D eigenvalue weighted by atomic mass is 9.90. The molecule has 3 heteroatoms. The predicted octanol–water partition coefficient (Wildman–Crippen LogP) is 0.882. The zero-order valence-corrected chi connectivity index (χ0v) is 9.02. The van der Waals surface area contributed by atoms with Crippen molar-refractivity contribution in [2.45, 2.75) is 44.7 Å². The highest BCUT2D eigenvalue weighted by molar-refractivity contribution is 4.90. The van der Waals surface area contributed by atoms with E-state index in [-0.39, 0.29) is 11.1 Å². The monoisotopic (exact) mass is 186 g/mol. The molecule has 1 heterocycles. The van der Waals surface area contributed by atoms with Gasteiger partial charge in [-0.1, -0.05) is 0 Å². The fourth-order valence-corrected chi connectivity index (χ4v) is 1.40. The lowest BCUT2D eigenvalue weighted by molar-refractivity contribution is 0.0510. The SMILES string of the molecule is CC(C)(C)NCC1(N)CCOCC1. The van der Waals surface area contributed by atoms with Crippen molar-refractivity contribution in [3.63, 3.8) is 0 Å². The summed E-state index contributed by atoms with van der Waals surface area (Å²) in [4.78, 5) is 0. The fourth-order valence-electron chi connectivity index (χ4n) is 1.40. The second kappa shape index (κ2) is 3.95. The summed E-state index contributed by atoms with van der Waals surface area (Å²) in [6, 6.07) is 0. The molecule has 0 aromatic rings. The molecule has 0 aliphatic carbocycles. The maximum absolute atomic E-state index is 6.22. The van der Waals surface area contributed by atoms with Crippen LogP contribution in [-0.2, 0) is 4.74 Å². The van der Waals surface area contributed by atoms with E-state index >= 15 is 0 Å². The fraction of sp³-hybridized carbons (Fsp3) is 1.00. The highest BCUT2D eigenvalue weighted by atomic mass is 16.5. The summed E-state index contributed by atoms with van der Waals surface area (Å²) < 4.78 is 5.29. The molecule has 0 atom stereocenters. The van der Waals surface area contributed by atoms with Crippen molar-refractivity contribution in [3.8, 4) is 0 Å². The van der Waals surface area contributed by atoms with Crippen LogP contribution in [0.15, 0.2) is 0 Å². The van der Waals surface area contributed by atoms with E-state index in [1.54, 1.807) is 0 Å². The first-order valence-corrected chi connectivity index (χ1v) is 5.03. The number of hydrogen-bond donors (Lipinski definition) is 2. The summed E-state index contributed by atoms with van der Waals surface area (Å²) >= 11 is 0. The summed E-state index contributed by atoms with van der Waals surface area (Å²) in [5.74, 6) is 0. The maximum atomic E-state index is 6.22. The van der Waals surface area contributed by atoms with Gasteiger partial charge in [-0.2, -0.15) is 0 Å². The third-order valence-electron chi connectivity index (χ3n) is 2.46. The van der Waals surface area contributed by atoms with Crippen LogP contribution in [-0.4, -0.2) is 30.8 Å². The quantitative estimate of drug-likeness (QED) is 0.673. The molecule has 1 saturated heterocycles. The molecular formula is C10H22N2O. The average molecular weight is 186 g/mol. The van der Waals surface area contributed by atoms with Crippen LogP contribution in [0.5, 0.6) is 0 Å². The molecule has 0 radical (unpaired) electrons. The van der Waals surface area contributed by atoms with Crippen LogP contribution >= 0.6 is 0 Å². The first kappa shape index (κ1) is 11.0. The second-order valence-corrected chi connectivity index (χ2v) is 5.08. The molecule has 1 aliphatic heterocycles. The number of nitrogens with one attached hydrogen (secondary N) is 1. The van der Waals surface area contributed by atoms with Crippen LogP contribution in [0.25, 0.3) is 0 Å². The number of hydrogen-bond acceptors (Lipinski definition) is 3. The third kappa shape index (κ3) is 4.07. The van der Waals surface area contributed by atoms with Crippen molar-refractivity contribution in [1.29, 1.82) is 0 Å². The Morgan fingerprint density at radius 1 is 1.31 bits per heavy atom. The van der Waals surface area contributed by atoms with E-state index in [0.29, 0.717) is 0 Å². The zero-order valence-electron chi connectivity index (χ0n) is 9.02. The molecule has 1 aliphatic rings. The van der Waals surface area contributed by atoms with Gasteiger partial charge in [0.05, 0.1) is 0 Å². The molecule has 0 amide bonds. The van der Waals surface area contributed by atoms with Gasteiger partial charge >= 0.3 is 0 Å². The lowest BCUT2D eigenvalue weighted by Crippen LogP contribution is -2.55. The van der Waals surface area contributed by atoms with Gasteiger partial charge in [-0.3, -0.25) is 0 Å². The van der Waals surface area contributed by atoms with Crippen molar-refractivity contribution in [2.24, 2.45) is 5.73 Å². The molecule has 0 aromatic carbocycles. The van der Waals surface area contributed by atoms with Gasteiger partial charge in [0.25, 0.3) is 0 Å². The Morgan fingerprint density at radius 2 is 1.85 bits per heavy atom. The largest absolute Gasteiger partial charge is 0.381 e. The first-order valence-electron chi connectivity index (χ1n) is 5.03. The van der Waals surface area contributed by atoms with Crippen LogP contribution in [0.3, 0.4) is 0 Å². The Balaban J connectivity index is 2.33. The number of ether oxygens (including phenoxy) is 1. The Bertz CT molecular complexity index is 157. The molecule has 1 fully saturated rings. The van der Waals surface area contributed by atoms with Crippen LogP contribution in [0.1, 0.15) is 33.6 Å². The highest BCUT2D eigenvalue weighted by Gasteiger charge is 2.28. The molecule has 0 aromatic heterocycles. The summed E-state index contributed by atoms with van der Waals surface area (Å²) in [5, 5.41) is 3.45. The van der Waals surface area contributed by atoms with E-state index < -0.39 is 0 Å². The zero-order chi connectivity index (χ0) is 9.95. The maximum Gasteiger partial charge on any atom is 0.0484 e. The molecule has 3 N–H and O–H groups in total. The Kier molecular flexibility index (Phi) is 3.33. The van der Waals surface area contributed by atoms with Crippen LogP contribution < -0.4 is 11.1 Å². The van der Waals surface area contributed by atoms with E-state index in [1.807, 2.05) is 0 Å². The van der Waals surface area contributed by atoms with Gasteiger partial charge in [0.2, 0.25) is 0 Å². The molecule has 13 heavy (non-hydrogen) atoms. The van der Waals surface area contributed by atoms with Crippen molar-refractivity contribution in [3.05, 3.63) is 0 Å². The molecule has 0 spiro atoms. The standard InChI is InChI=1S/C10H22N2O/c1-9(2,3)12-8-10(11)4-6-13-7-5-10/h12H,4-8,11H2,1-3H3. The third-order valence-corrected chi connectivity index (χ3v) is 2.46. The minimum Gasteiger partial charge on any atom is -0.381 e. The van der Waals surface area contributed by atoms with Crippen molar-refractivity contribution in [2.75, 3.05) is 19.8 Å². The van der Waals surface area contributed by atoms with Crippen LogP contribution in [0, 0.1) is 0 Å². The van der Waals surface area contributed by atoms with Crippen molar-refractivity contribution in [1.82, 2.24) is 5.32 Å². The summed E-state index contributed by atoms with van der Waals surface area (Å²) in [7, 11) is 0. The van der Waals surface area contributed by atoms with Crippen molar-refractivity contribution >= 4 is 0 Å². The minimum atomic E-state index is -0.0501. The Morgan fingerprint density at radius 3 is 2.31 bits per heavy atom. The molecule has 0 bridgehead atoms.